The van der Waals surface area contributed by atoms with Crippen molar-refractivity contribution in [1.29, 1.82) is 0 Å². The number of benzene rings is 1. The van der Waals surface area contributed by atoms with Crippen LogP contribution in [0.1, 0.15) is 51.6 Å². The standard InChI is InChI=1S/C23H32N4O3/c1-15-9-8-12-19(16(15)2)24-20(28)13-14-21(29)25-22-17(3)26(4)27(23(22)30)18-10-6-5-7-11-18/h5-7,10-11,15-16,19H,8-9,12-14H2,1-4H3,(H,24,28)(H,25,29)/t15-,16+,19+/m0/s1. The molecule has 0 radical (unpaired) electrons. The third-order valence-corrected chi connectivity index (χ3v) is 6.45. The first-order chi connectivity index (χ1) is 14.3. The molecule has 7 nitrogen and oxygen atoms in total. The van der Waals surface area contributed by atoms with Crippen molar-refractivity contribution in [3.05, 3.63) is 46.4 Å². The normalized spacial score (nSPS) is 21.3. The average Bonchev–Trinajstić information content (AvgIpc) is 2.94. The SMILES string of the molecule is Cc1c(NC(=O)CCC(=O)N[C@@H]2CCC[C@H](C)[C@H]2C)c(=O)n(-c2ccccc2)n1C. The van der Waals surface area contributed by atoms with E-state index in [0.29, 0.717) is 17.5 Å². The molecule has 1 aromatic carbocycles. The van der Waals surface area contributed by atoms with E-state index >= 15 is 0 Å². The summed E-state index contributed by atoms with van der Waals surface area (Å²) in [5.74, 6) is 0.601. The van der Waals surface area contributed by atoms with E-state index in [-0.39, 0.29) is 41.9 Å². The van der Waals surface area contributed by atoms with Gasteiger partial charge < -0.3 is 10.6 Å². The largest absolute Gasteiger partial charge is 0.353 e. The highest BCUT2D eigenvalue weighted by Crippen LogP contribution is 2.29. The molecule has 30 heavy (non-hydrogen) atoms. The highest BCUT2D eigenvalue weighted by Gasteiger charge is 2.28. The zero-order valence-corrected chi connectivity index (χ0v) is 18.3. The van der Waals surface area contributed by atoms with Gasteiger partial charge in [-0.15, -0.1) is 0 Å². The monoisotopic (exact) mass is 412 g/mol. The molecule has 1 aliphatic rings. The van der Waals surface area contributed by atoms with Crippen molar-refractivity contribution in [2.45, 2.75) is 58.9 Å². The van der Waals surface area contributed by atoms with Gasteiger partial charge in [-0.2, -0.15) is 0 Å². The molecule has 0 bridgehead atoms. The van der Waals surface area contributed by atoms with Crippen LogP contribution in [0, 0.1) is 18.8 Å². The maximum absolute atomic E-state index is 12.9. The molecule has 2 amide bonds. The number of anilines is 1. The van der Waals surface area contributed by atoms with Crippen LogP contribution < -0.4 is 16.2 Å². The molecular weight excluding hydrogens is 380 g/mol. The van der Waals surface area contributed by atoms with Gasteiger partial charge in [-0.3, -0.25) is 19.1 Å². The van der Waals surface area contributed by atoms with E-state index < -0.39 is 0 Å². The van der Waals surface area contributed by atoms with Crippen LogP contribution in [-0.4, -0.2) is 27.2 Å². The summed E-state index contributed by atoms with van der Waals surface area (Å²) in [4.78, 5) is 37.6. The summed E-state index contributed by atoms with van der Waals surface area (Å²) in [6.07, 6.45) is 3.47. The Balaban J connectivity index is 1.60. The second-order valence-corrected chi connectivity index (χ2v) is 8.43. The highest BCUT2D eigenvalue weighted by molar-refractivity contribution is 5.93. The van der Waals surface area contributed by atoms with Gasteiger partial charge in [0, 0.05) is 25.9 Å². The van der Waals surface area contributed by atoms with Crippen LogP contribution in [-0.2, 0) is 16.6 Å². The first-order valence-corrected chi connectivity index (χ1v) is 10.7. The third-order valence-electron chi connectivity index (χ3n) is 6.45. The van der Waals surface area contributed by atoms with Gasteiger partial charge >= 0.3 is 0 Å². The molecule has 1 heterocycles. The van der Waals surface area contributed by atoms with Gasteiger partial charge in [-0.25, -0.2) is 4.68 Å². The molecule has 3 rings (SSSR count). The summed E-state index contributed by atoms with van der Waals surface area (Å²) >= 11 is 0. The van der Waals surface area contributed by atoms with Crippen LogP contribution in [0.3, 0.4) is 0 Å². The van der Waals surface area contributed by atoms with E-state index in [1.54, 1.807) is 18.7 Å². The van der Waals surface area contributed by atoms with Crippen molar-refractivity contribution in [3.63, 3.8) is 0 Å². The summed E-state index contributed by atoms with van der Waals surface area (Å²) in [6, 6.07) is 9.45. The van der Waals surface area contributed by atoms with Gasteiger partial charge in [-0.1, -0.05) is 44.9 Å². The zero-order valence-electron chi connectivity index (χ0n) is 18.3. The van der Waals surface area contributed by atoms with E-state index in [9.17, 15) is 14.4 Å². The predicted octanol–water partition coefficient (Wildman–Crippen LogP) is 3.14. The van der Waals surface area contributed by atoms with Crippen molar-refractivity contribution in [1.82, 2.24) is 14.7 Å². The molecule has 162 valence electrons. The van der Waals surface area contributed by atoms with Gasteiger partial charge in [0.25, 0.3) is 5.56 Å². The Morgan fingerprint density at radius 2 is 1.73 bits per heavy atom. The molecule has 1 fully saturated rings. The van der Waals surface area contributed by atoms with Crippen molar-refractivity contribution in [2.24, 2.45) is 18.9 Å². The predicted molar refractivity (Wildman–Crippen MR) is 118 cm³/mol. The zero-order chi connectivity index (χ0) is 21.8. The van der Waals surface area contributed by atoms with Gasteiger partial charge in [0.15, 0.2) is 0 Å². The number of nitrogens with zero attached hydrogens (tertiary/aromatic N) is 2. The number of carbonyl (C=O) groups excluding carboxylic acids is 2. The maximum atomic E-state index is 12.9. The van der Waals surface area contributed by atoms with Crippen molar-refractivity contribution >= 4 is 17.5 Å². The summed E-state index contributed by atoms with van der Waals surface area (Å²) in [6.45, 7) is 6.19. The minimum atomic E-state index is -0.332. The number of rotatable bonds is 6. The Kier molecular flexibility index (Phi) is 6.80. The van der Waals surface area contributed by atoms with Crippen LogP contribution in [0.25, 0.3) is 5.69 Å². The molecule has 0 unspecified atom stereocenters. The number of amides is 2. The lowest BCUT2D eigenvalue weighted by molar-refractivity contribution is -0.125. The van der Waals surface area contributed by atoms with Crippen molar-refractivity contribution < 1.29 is 9.59 Å². The van der Waals surface area contributed by atoms with Crippen LogP contribution in [0.5, 0.6) is 0 Å². The van der Waals surface area contributed by atoms with E-state index in [0.717, 1.165) is 18.5 Å². The fourth-order valence-corrected chi connectivity index (χ4v) is 4.21. The molecular formula is C23H32N4O3. The summed E-state index contributed by atoms with van der Waals surface area (Å²) in [5, 5.41) is 5.80. The summed E-state index contributed by atoms with van der Waals surface area (Å²) in [5.41, 5.74) is 1.35. The van der Waals surface area contributed by atoms with Crippen LogP contribution in [0.4, 0.5) is 5.69 Å². The van der Waals surface area contributed by atoms with Gasteiger partial charge in [0.2, 0.25) is 11.8 Å². The molecule has 1 saturated carbocycles. The fraction of sp³-hybridized carbons (Fsp3) is 0.522. The first kappa shape index (κ1) is 21.9. The minimum Gasteiger partial charge on any atom is -0.353 e. The average molecular weight is 413 g/mol. The Morgan fingerprint density at radius 1 is 1.07 bits per heavy atom. The van der Waals surface area contributed by atoms with Crippen molar-refractivity contribution in [3.8, 4) is 5.69 Å². The number of hydrogen-bond acceptors (Lipinski definition) is 3. The van der Waals surface area contributed by atoms with E-state index in [1.165, 1.54) is 11.1 Å². The number of aromatic nitrogens is 2. The van der Waals surface area contributed by atoms with E-state index in [4.69, 9.17) is 0 Å². The van der Waals surface area contributed by atoms with Crippen molar-refractivity contribution in [2.75, 3.05) is 5.32 Å². The second-order valence-electron chi connectivity index (χ2n) is 8.43. The Hall–Kier alpha value is -2.83. The Labute approximate surface area is 177 Å². The third kappa shape index (κ3) is 4.66. The van der Waals surface area contributed by atoms with Gasteiger partial charge in [-0.05, 0) is 37.3 Å². The Morgan fingerprint density at radius 3 is 2.43 bits per heavy atom. The lowest BCUT2D eigenvalue weighted by Crippen LogP contribution is -2.43. The smallest absolute Gasteiger partial charge is 0.295 e. The molecule has 1 aliphatic carbocycles. The molecule has 7 heteroatoms. The highest BCUT2D eigenvalue weighted by atomic mass is 16.2. The lowest BCUT2D eigenvalue weighted by Gasteiger charge is -2.34. The van der Waals surface area contributed by atoms with Crippen LogP contribution >= 0.6 is 0 Å². The summed E-state index contributed by atoms with van der Waals surface area (Å²) in [7, 11) is 1.78. The fourth-order valence-electron chi connectivity index (χ4n) is 4.21. The van der Waals surface area contributed by atoms with E-state index in [1.807, 2.05) is 30.3 Å². The molecule has 0 saturated heterocycles. The number of para-hydroxylation sites is 1. The van der Waals surface area contributed by atoms with Gasteiger partial charge in [0.1, 0.15) is 5.69 Å². The lowest BCUT2D eigenvalue weighted by atomic mass is 9.78. The topological polar surface area (TPSA) is 85.1 Å². The molecule has 0 aliphatic heterocycles. The maximum Gasteiger partial charge on any atom is 0.295 e. The second kappa shape index (κ2) is 9.32. The summed E-state index contributed by atoms with van der Waals surface area (Å²) < 4.78 is 3.23. The van der Waals surface area contributed by atoms with Crippen LogP contribution in [0.2, 0.25) is 0 Å². The molecule has 0 spiro atoms. The van der Waals surface area contributed by atoms with E-state index in [2.05, 4.69) is 24.5 Å². The molecule has 1 aromatic heterocycles. The quantitative estimate of drug-likeness (QED) is 0.764. The number of nitrogens with one attached hydrogen (secondary N) is 2. The minimum absolute atomic E-state index is 0.0433. The Bertz CT molecular complexity index is 961. The molecule has 2 N–H and O–H groups in total. The number of hydrogen-bond donors (Lipinski definition) is 2. The van der Waals surface area contributed by atoms with Crippen LogP contribution in [0.15, 0.2) is 35.1 Å². The first-order valence-electron chi connectivity index (χ1n) is 10.7. The molecule has 2 aromatic rings. The van der Waals surface area contributed by atoms with Gasteiger partial charge in [0.05, 0.1) is 11.4 Å². The number of carbonyl (C=O) groups is 2. The molecule has 3 atom stereocenters.